The first kappa shape index (κ1) is 34.1. The van der Waals surface area contributed by atoms with Gasteiger partial charge in [0, 0.05) is 30.4 Å². The molecule has 3 aliphatic rings. The van der Waals surface area contributed by atoms with Gasteiger partial charge in [-0.25, -0.2) is 23.1 Å². The van der Waals surface area contributed by atoms with Crippen molar-refractivity contribution in [2.75, 3.05) is 57.9 Å². The molecule has 1 N–H and O–H groups in total. The molecule has 1 aromatic heterocycles. The fourth-order valence-corrected chi connectivity index (χ4v) is 5.47. The number of β-amino-alcohol motifs (C(OH)–C–C–N with tert-alkyl or cyclic N) is 1. The van der Waals surface area contributed by atoms with E-state index >= 15 is 4.39 Å². The number of benzene rings is 2. The number of urea groups is 1. The molecule has 2 fully saturated rings. The van der Waals surface area contributed by atoms with Gasteiger partial charge in [-0.05, 0) is 47.7 Å². The van der Waals surface area contributed by atoms with E-state index in [4.69, 9.17) is 18.9 Å². The molecule has 2 amide bonds. The fraction of sp³-hybridized carbons (Fsp3) is 0.429. The number of aromatic nitrogens is 4. The topological polar surface area (TPSA) is 160 Å². The summed E-state index contributed by atoms with van der Waals surface area (Å²) in [5.74, 6) is -1.79. The molecule has 0 bridgehead atoms. The van der Waals surface area contributed by atoms with Crippen LogP contribution < -0.4 is 4.90 Å². The van der Waals surface area contributed by atoms with Gasteiger partial charge in [0.1, 0.15) is 43.4 Å². The molecule has 47 heavy (non-hydrogen) atoms. The Morgan fingerprint density at radius 3 is 2.57 bits per heavy atom. The van der Waals surface area contributed by atoms with Crippen LogP contribution in [-0.2, 0) is 24.5 Å². The minimum atomic E-state index is -2.04. The standard InChI is InChI=1S/C28H31F2N9O7.HI/c1-19(37-8-9-38(26(37)40)21-3-5-22(6-4-21)39-14-31-33-34-39)28(42,24-7-2-20(29)10-25(24)30)13-36-16-35(15-32-36)17-45-27(41)46-23-11-43-18-44-12-23;/h2-7,10,14-15,19,23,42H,8-9,11-13,16-18H2,1H3;1H/t19-,28-;/m1./s1. The number of carbonyl (C=O) groups is 2. The highest BCUT2D eigenvalue weighted by Gasteiger charge is 2.47. The Balaban J connectivity index is 0.00000433. The lowest BCUT2D eigenvalue weighted by molar-refractivity contribution is -0.158. The SMILES string of the molecule is C[C@@H](N1CCN(c2ccc(-n3cnnn3)cc2)C1=O)[C@](O)(CN1CN(COC(=O)OC2COCOC2)C=N1)c1ccc(F)cc1F.I. The van der Waals surface area contributed by atoms with E-state index in [-0.39, 0.29) is 76.0 Å². The zero-order chi connectivity index (χ0) is 32.3. The number of amides is 2. The van der Waals surface area contributed by atoms with Gasteiger partial charge < -0.3 is 33.9 Å². The quantitative estimate of drug-likeness (QED) is 0.237. The Kier molecular flexibility index (Phi) is 10.7. The molecule has 0 radical (unpaired) electrons. The molecule has 16 nitrogen and oxygen atoms in total. The van der Waals surface area contributed by atoms with E-state index in [1.807, 2.05) is 0 Å². The minimum Gasteiger partial charge on any atom is -0.426 e. The van der Waals surface area contributed by atoms with Crippen LogP contribution in [-0.4, -0.2) is 124 Å². The van der Waals surface area contributed by atoms with Crippen molar-refractivity contribution in [3.05, 3.63) is 66.0 Å². The van der Waals surface area contributed by atoms with Gasteiger partial charge in [-0.3, -0.25) is 9.91 Å². The third kappa shape index (κ3) is 7.52. The van der Waals surface area contributed by atoms with Gasteiger partial charge in [-0.2, -0.15) is 5.10 Å². The number of hydrazone groups is 1. The lowest BCUT2D eigenvalue weighted by Gasteiger charge is -2.41. The zero-order valence-electron chi connectivity index (χ0n) is 25.1. The van der Waals surface area contributed by atoms with E-state index in [1.54, 1.807) is 36.1 Å². The zero-order valence-corrected chi connectivity index (χ0v) is 27.4. The van der Waals surface area contributed by atoms with Crippen LogP contribution in [0.5, 0.6) is 0 Å². The first-order valence-electron chi connectivity index (χ1n) is 14.3. The van der Waals surface area contributed by atoms with Crippen molar-refractivity contribution in [3.8, 4) is 5.69 Å². The smallest absolute Gasteiger partial charge is 0.426 e. The maximum Gasteiger partial charge on any atom is 0.510 e. The summed E-state index contributed by atoms with van der Waals surface area (Å²) in [5.41, 5.74) is -0.942. The summed E-state index contributed by atoms with van der Waals surface area (Å²) < 4.78 is 51.1. The Morgan fingerprint density at radius 1 is 1.13 bits per heavy atom. The van der Waals surface area contributed by atoms with Gasteiger partial charge in [-0.1, -0.05) is 6.07 Å². The third-order valence-electron chi connectivity index (χ3n) is 7.90. The Hall–Kier alpha value is -4.21. The lowest BCUT2D eigenvalue weighted by Crippen LogP contribution is -2.55. The highest BCUT2D eigenvalue weighted by Crippen LogP contribution is 2.35. The van der Waals surface area contributed by atoms with E-state index in [0.29, 0.717) is 24.0 Å². The molecule has 252 valence electrons. The van der Waals surface area contributed by atoms with Crippen LogP contribution in [0.1, 0.15) is 12.5 Å². The van der Waals surface area contributed by atoms with Crippen molar-refractivity contribution >= 4 is 48.2 Å². The van der Waals surface area contributed by atoms with Crippen molar-refractivity contribution in [2.45, 2.75) is 24.7 Å². The van der Waals surface area contributed by atoms with Crippen molar-refractivity contribution in [1.29, 1.82) is 0 Å². The normalized spacial score (nSPS) is 18.7. The van der Waals surface area contributed by atoms with Crippen LogP contribution >= 0.6 is 24.0 Å². The van der Waals surface area contributed by atoms with Gasteiger partial charge in [0.15, 0.2) is 12.8 Å². The molecule has 2 atom stereocenters. The summed E-state index contributed by atoms with van der Waals surface area (Å²) in [5, 5.41) is 29.0. The number of carbonyl (C=O) groups excluding carboxylic acids is 2. The second kappa shape index (κ2) is 14.7. The molecule has 0 aliphatic carbocycles. The molecule has 0 saturated carbocycles. The number of hydrogen-bond acceptors (Lipinski definition) is 13. The van der Waals surface area contributed by atoms with Crippen molar-refractivity contribution in [2.24, 2.45) is 5.10 Å². The van der Waals surface area contributed by atoms with Gasteiger partial charge >= 0.3 is 12.2 Å². The average molecular weight is 772 g/mol. The number of hydrogen-bond donors (Lipinski definition) is 1. The Morgan fingerprint density at radius 2 is 1.87 bits per heavy atom. The number of halogens is 3. The molecule has 19 heteroatoms. The molecule has 3 aliphatic heterocycles. The highest BCUT2D eigenvalue weighted by molar-refractivity contribution is 14.0. The first-order valence-corrected chi connectivity index (χ1v) is 14.3. The third-order valence-corrected chi connectivity index (χ3v) is 7.90. The molecular weight excluding hydrogens is 739 g/mol. The van der Waals surface area contributed by atoms with Crippen molar-refractivity contribution < 1.29 is 42.4 Å². The van der Waals surface area contributed by atoms with E-state index in [9.17, 15) is 19.1 Å². The van der Waals surface area contributed by atoms with Crippen LogP contribution in [0.3, 0.4) is 0 Å². The lowest BCUT2D eigenvalue weighted by atomic mass is 9.85. The van der Waals surface area contributed by atoms with E-state index in [2.05, 4.69) is 20.6 Å². The largest absolute Gasteiger partial charge is 0.510 e. The van der Waals surface area contributed by atoms with Crippen molar-refractivity contribution in [3.63, 3.8) is 0 Å². The van der Waals surface area contributed by atoms with Crippen LogP contribution in [0.2, 0.25) is 0 Å². The second-order valence-corrected chi connectivity index (χ2v) is 10.9. The summed E-state index contributed by atoms with van der Waals surface area (Å²) in [6, 6.07) is 8.50. The maximum absolute atomic E-state index is 15.3. The van der Waals surface area contributed by atoms with Crippen LogP contribution in [0.25, 0.3) is 5.69 Å². The molecule has 0 spiro atoms. The predicted octanol–water partition coefficient (Wildman–Crippen LogP) is 2.08. The number of aliphatic hydroxyl groups is 1. The molecule has 2 saturated heterocycles. The summed E-state index contributed by atoms with van der Waals surface area (Å²) >= 11 is 0. The molecule has 2 aromatic carbocycles. The summed E-state index contributed by atoms with van der Waals surface area (Å²) in [7, 11) is 0. The van der Waals surface area contributed by atoms with Gasteiger partial charge in [-0.15, -0.1) is 29.1 Å². The van der Waals surface area contributed by atoms with Crippen molar-refractivity contribution in [1.82, 2.24) is 35.0 Å². The second-order valence-electron chi connectivity index (χ2n) is 10.9. The number of nitrogens with zero attached hydrogens (tertiary/aromatic N) is 9. The first-order chi connectivity index (χ1) is 22.2. The maximum atomic E-state index is 15.3. The van der Waals surface area contributed by atoms with Crippen LogP contribution in [0.15, 0.2) is 53.9 Å². The summed E-state index contributed by atoms with van der Waals surface area (Å²) in [4.78, 5) is 30.3. The van der Waals surface area contributed by atoms with Gasteiger partial charge in [0.05, 0.1) is 31.5 Å². The summed E-state index contributed by atoms with van der Waals surface area (Å²) in [6.07, 6.45) is 1.32. The van der Waals surface area contributed by atoms with E-state index in [0.717, 1.165) is 12.1 Å². The van der Waals surface area contributed by atoms with E-state index in [1.165, 1.54) is 32.2 Å². The summed E-state index contributed by atoms with van der Waals surface area (Å²) in [6.45, 7) is 2.18. The molecule has 3 aromatic rings. The predicted molar refractivity (Wildman–Crippen MR) is 169 cm³/mol. The van der Waals surface area contributed by atoms with Gasteiger partial charge in [0.2, 0.25) is 0 Å². The monoisotopic (exact) mass is 771 g/mol. The van der Waals surface area contributed by atoms with Crippen LogP contribution in [0, 0.1) is 11.6 Å². The Bertz CT molecular complexity index is 1570. The molecular formula is C28H32F2IN9O7. The van der Waals surface area contributed by atoms with Gasteiger partial charge in [0.25, 0.3) is 0 Å². The number of ether oxygens (including phenoxy) is 4. The fourth-order valence-electron chi connectivity index (χ4n) is 5.47. The molecule has 4 heterocycles. The molecule has 6 rings (SSSR count). The molecule has 0 unspecified atom stereocenters. The average Bonchev–Trinajstić information content (AvgIpc) is 3.82. The minimum absolute atomic E-state index is 0. The number of rotatable bonds is 10. The Labute approximate surface area is 284 Å². The van der Waals surface area contributed by atoms with Crippen LogP contribution in [0.4, 0.5) is 24.1 Å². The number of anilines is 1. The highest BCUT2D eigenvalue weighted by atomic mass is 127. The number of tetrazole rings is 1. The van der Waals surface area contributed by atoms with E-state index < -0.39 is 41.6 Å².